The lowest BCUT2D eigenvalue weighted by molar-refractivity contribution is -0.137. The first-order valence-electron chi connectivity index (χ1n) is 10.1. The molecule has 0 amide bonds. The van der Waals surface area contributed by atoms with Crippen LogP contribution < -0.4 is 0 Å². The summed E-state index contributed by atoms with van der Waals surface area (Å²) in [5, 5.41) is 5.13. The van der Waals surface area contributed by atoms with E-state index in [1.165, 1.54) is 44.8 Å². The Bertz CT molecular complexity index is 1200. The summed E-state index contributed by atoms with van der Waals surface area (Å²) in [4.78, 5) is 0. The molecule has 146 valence electrons. The van der Waals surface area contributed by atoms with E-state index in [9.17, 15) is 13.2 Å². The normalized spacial score (nSPS) is 16.9. The molecule has 0 radical (unpaired) electrons. The number of benzene rings is 4. The van der Waals surface area contributed by atoms with Crippen LogP contribution in [-0.4, -0.2) is 0 Å². The van der Waals surface area contributed by atoms with Crippen LogP contribution in [0.4, 0.5) is 13.2 Å². The lowest BCUT2D eigenvalue weighted by atomic mass is 9.78. The van der Waals surface area contributed by atoms with E-state index < -0.39 is 11.7 Å². The smallest absolute Gasteiger partial charge is 0.166 e. The van der Waals surface area contributed by atoms with Gasteiger partial charge in [-0.3, -0.25) is 0 Å². The molecule has 1 aliphatic carbocycles. The Morgan fingerprint density at radius 3 is 2.48 bits per heavy atom. The first-order chi connectivity index (χ1) is 14.0. The van der Waals surface area contributed by atoms with Gasteiger partial charge in [0.2, 0.25) is 0 Å². The van der Waals surface area contributed by atoms with E-state index in [-0.39, 0.29) is 0 Å². The van der Waals surface area contributed by atoms with Crippen LogP contribution in [0, 0.1) is 5.92 Å². The van der Waals surface area contributed by atoms with Crippen molar-refractivity contribution in [1.29, 1.82) is 0 Å². The third-order valence-corrected chi connectivity index (χ3v) is 6.22. The number of alkyl halides is 3. The van der Waals surface area contributed by atoms with Gasteiger partial charge in [-0.2, -0.15) is 13.2 Å². The molecule has 1 unspecified atom stereocenters. The average molecular weight is 390 g/mol. The Kier molecular flexibility index (Phi) is 4.34. The third-order valence-electron chi connectivity index (χ3n) is 6.22. The van der Waals surface area contributed by atoms with Crippen molar-refractivity contribution in [3.63, 3.8) is 0 Å². The summed E-state index contributed by atoms with van der Waals surface area (Å²) >= 11 is 0. The van der Waals surface area contributed by atoms with Crippen molar-refractivity contribution in [1.82, 2.24) is 0 Å². The highest BCUT2D eigenvalue weighted by Gasteiger charge is 2.30. The van der Waals surface area contributed by atoms with Crippen molar-refractivity contribution in [3.05, 3.63) is 95.1 Å². The molecule has 0 fully saturated rings. The molecule has 0 aromatic heterocycles. The maximum Gasteiger partial charge on any atom is 0.416 e. The quantitative estimate of drug-likeness (QED) is 0.314. The fourth-order valence-electron chi connectivity index (χ4n) is 4.83. The average Bonchev–Trinajstić information content (AvgIpc) is 2.72. The van der Waals surface area contributed by atoms with E-state index >= 15 is 0 Å². The van der Waals surface area contributed by atoms with Crippen LogP contribution in [-0.2, 0) is 25.4 Å². The van der Waals surface area contributed by atoms with E-state index in [0.29, 0.717) is 12.3 Å². The summed E-state index contributed by atoms with van der Waals surface area (Å²) in [6, 6.07) is 23.1. The van der Waals surface area contributed by atoms with Crippen LogP contribution in [0.15, 0.2) is 72.8 Å². The van der Waals surface area contributed by atoms with Crippen molar-refractivity contribution in [2.45, 2.75) is 31.9 Å². The fourth-order valence-corrected chi connectivity index (χ4v) is 4.83. The summed E-state index contributed by atoms with van der Waals surface area (Å²) < 4.78 is 39.0. The van der Waals surface area contributed by atoms with E-state index in [0.717, 1.165) is 30.9 Å². The number of rotatable bonds is 2. The maximum absolute atomic E-state index is 13.0. The molecule has 5 rings (SSSR count). The highest BCUT2D eigenvalue weighted by atomic mass is 19.4. The van der Waals surface area contributed by atoms with Gasteiger partial charge >= 0.3 is 6.18 Å². The molecule has 29 heavy (non-hydrogen) atoms. The highest BCUT2D eigenvalue weighted by Crippen LogP contribution is 2.36. The number of hydrogen-bond acceptors (Lipinski definition) is 0. The minimum atomic E-state index is -4.28. The lowest BCUT2D eigenvalue weighted by Crippen LogP contribution is -2.17. The van der Waals surface area contributed by atoms with Gasteiger partial charge in [0.25, 0.3) is 0 Å². The molecule has 0 nitrogen and oxygen atoms in total. The molecular formula is C26H21F3. The second kappa shape index (κ2) is 6.91. The molecule has 0 N–H and O–H groups in total. The Morgan fingerprint density at radius 2 is 1.62 bits per heavy atom. The first kappa shape index (κ1) is 18.2. The van der Waals surface area contributed by atoms with Crippen molar-refractivity contribution in [3.8, 4) is 0 Å². The molecule has 0 saturated carbocycles. The maximum atomic E-state index is 13.0. The molecule has 0 spiro atoms. The summed E-state index contributed by atoms with van der Waals surface area (Å²) in [5.41, 5.74) is 2.98. The molecule has 4 aromatic carbocycles. The predicted octanol–water partition coefficient (Wildman–Crippen LogP) is 7.36. The second-order valence-electron chi connectivity index (χ2n) is 8.10. The van der Waals surface area contributed by atoms with Crippen molar-refractivity contribution >= 4 is 21.5 Å². The Morgan fingerprint density at radius 1 is 0.793 bits per heavy atom. The van der Waals surface area contributed by atoms with E-state index in [1.54, 1.807) is 0 Å². The second-order valence-corrected chi connectivity index (χ2v) is 8.10. The molecular weight excluding hydrogens is 369 g/mol. The van der Waals surface area contributed by atoms with Gasteiger partial charge < -0.3 is 0 Å². The molecule has 0 heterocycles. The third kappa shape index (κ3) is 3.39. The van der Waals surface area contributed by atoms with Crippen LogP contribution in [0.25, 0.3) is 21.5 Å². The van der Waals surface area contributed by atoms with Gasteiger partial charge in [-0.1, -0.05) is 66.7 Å². The van der Waals surface area contributed by atoms with Crippen molar-refractivity contribution < 1.29 is 13.2 Å². The van der Waals surface area contributed by atoms with Gasteiger partial charge in [0, 0.05) is 0 Å². The SMILES string of the molecule is FC(F)(F)c1cccc(CC2CCc3c(ccc4c3ccc3ccccc34)C2)c1. The topological polar surface area (TPSA) is 0 Å². The van der Waals surface area contributed by atoms with Gasteiger partial charge in [-0.05, 0) is 75.9 Å². The van der Waals surface area contributed by atoms with Crippen molar-refractivity contribution in [2.75, 3.05) is 0 Å². The first-order valence-corrected chi connectivity index (χ1v) is 10.1. The van der Waals surface area contributed by atoms with Crippen LogP contribution in [0.5, 0.6) is 0 Å². The lowest BCUT2D eigenvalue weighted by Gasteiger charge is -2.26. The molecule has 3 heteroatoms. The van der Waals surface area contributed by atoms with Gasteiger partial charge in [0.15, 0.2) is 0 Å². The van der Waals surface area contributed by atoms with Gasteiger partial charge in [0.1, 0.15) is 0 Å². The van der Waals surface area contributed by atoms with Gasteiger partial charge in [-0.25, -0.2) is 0 Å². The van der Waals surface area contributed by atoms with Crippen LogP contribution >= 0.6 is 0 Å². The monoisotopic (exact) mass is 390 g/mol. The molecule has 1 aliphatic rings. The summed E-state index contributed by atoms with van der Waals surface area (Å²) in [5.74, 6) is 0.379. The number of hydrogen-bond donors (Lipinski definition) is 0. The van der Waals surface area contributed by atoms with E-state index in [1.807, 2.05) is 6.07 Å². The Balaban J connectivity index is 1.44. The molecule has 0 saturated heterocycles. The summed E-state index contributed by atoms with van der Waals surface area (Å²) in [6.45, 7) is 0. The largest absolute Gasteiger partial charge is 0.416 e. The molecule has 0 aliphatic heterocycles. The summed E-state index contributed by atoms with van der Waals surface area (Å²) in [6.07, 6.45) is -0.672. The van der Waals surface area contributed by atoms with E-state index in [2.05, 4.69) is 48.5 Å². The number of aryl methyl sites for hydroxylation is 1. The minimum Gasteiger partial charge on any atom is -0.166 e. The zero-order valence-corrected chi connectivity index (χ0v) is 16.0. The number of halogens is 3. The minimum absolute atomic E-state index is 0.379. The predicted molar refractivity (Wildman–Crippen MR) is 112 cm³/mol. The molecule has 1 atom stereocenters. The van der Waals surface area contributed by atoms with E-state index in [4.69, 9.17) is 0 Å². The van der Waals surface area contributed by atoms with Crippen LogP contribution in [0.3, 0.4) is 0 Å². The fraction of sp³-hybridized carbons (Fsp3) is 0.231. The standard InChI is InChI=1S/C26H21F3/c27-26(28,29)21-6-3-4-17(16-21)14-18-8-11-23-20(15-18)10-13-24-22-7-2-1-5-19(22)9-12-25(23)24/h1-7,9-10,12-13,16,18H,8,11,14-15H2. The number of fused-ring (bicyclic) bond motifs is 5. The molecule has 4 aromatic rings. The Labute approximate surface area is 168 Å². The van der Waals surface area contributed by atoms with Crippen molar-refractivity contribution in [2.24, 2.45) is 5.92 Å². The van der Waals surface area contributed by atoms with Crippen LogP contribution in [0.1, 0.15) is 28.7 Å². The highest BCUT2D eigenvalue weighted by molar-refractivity contribution is 6.08. The summed E-state index contributed by atoms with van der Waals surface area (Å²) in [7, 11) is 0. The van der Waals surface area contributed by atoms with Gasteiger partial charge in [0.05, 0.1) is 5.56 Å². The zero-order chi connectivity index (χ0) is 20.0. The zero-order valence-electron chi connectivity index (χ0n) is 16.0. The van der Waals surface area contributed by atoms with Crippen LogP contribution in [0.2, 0.25) is 0 Å². The molecule has 0 bridgehead atoms. The van der Waals surface area contributed by atoms with Gasteiger partial charge in [-0.15, -0.1) is 0 Å². The Hall–Kier alpha value is -2.81.